The minimum Gasteiger partial charge on any atom is -0.359 e. The first-order valence-electron chi connectivity index (χ1n) is 10.6. The second kappa shape index (κ2) is 7.31. The third-order valence-corrected chi connectivity index (χ3v) is 6.62. The molecule has 2 N–H and O–H groups in total. The molecule has 5 nitrogen and oxygen atoms in total. The average molecular weight is 405 g/mol. The SMILES string of the molecule is FC(F)(F)C1N=C2CCCC2c2c1nc(-c1ccc[nH]1)n2CCC1CCNCC1. The van der Waals surface area contributed by atoms with E-state index in [1.807, 2.05) is 12.1 Å². The standard InChI is InChI=1S/C21H26F3N5/c22-21(23,24)19-17-18(14-3-1-4-15(14)27-19)29(12-8-13-6-10-25-11-7-13)20(28-17)16-5-2-9-26-16/h2,5,9,13-14,19,25-26H,1,3-4,6-8,10-12H2. The van der Waals surface area contributed by atoms with E-state index < -0.39 is 12.2 Å². The van der Waals surface area contributed by atoms with Gasteiger partial charge in [0.2, 0.25) is 0 Å². The zero-order valence-electron chi connectivity index (χ0n) is 16.3. The van der Waals surface area contributed by atoms with Gasteiger partial charge in [-0.15, -0.1) is 0 Å². The van der Waals surface area contributed by atoms with E-state index in [4.69, 9.17) is 0 Å². The van der Waals surface area contributed by atoms with Crippen LogP contribution in [-0.2, 0) is 6.54 Å². The van der Waals surface area contributed by atoms with Crippen molar-refractivity contribution in [1.29, 1.82) is 0 Å². The maximum atomic E-state index is 13.9. The van der Waals surface area contributed by atoms with Crippen LogP contribution in [0.1, 0.15) is 61.9 Å². The number of aromatic amines is 1. The molecule has 3 aliphatic rings. The van der Waals surface area contributed by atoms with Crippen molar-refractivity contribution in [3.8, 4) is 11.5 Å². The van der Waals surface area contributed by atoms with Crippen LogP contribution >= 0.6 is 0 Å². The summed E-state index contributed by atoms with van der Waals surface area (Å²) in [5.41, 5.74) is 2.35. The number of hydrogen-bond donors (Lipinski definition) is 2. The fourth-order valence-electron chi connectivity index (χ4n) is 5.17. The summed E-state index contributed by atoms with van der Waals surface area (Å²) in [7, 11) is 0. The molecule has 0 radical (unpaired) electrons. The monoisotopic (exact) mass is 405 g/mol. The van der Waals surface area contributed by atoms with Gasteiger partial charge in [-0.05, 0) is 69.7 Å². The zero-order chi connectivity index (χ0) is 20.0. The molecule has 0 amide bonds. The summed E-state index contributed by atoms with van der Waals surface area (Å²) in [6.45, 7) is 2.74. The maximum Gasteiger partial charge on any atom is 0.416 e. The fraction of sp³-hybridized carbons (Fsp3) is 0.619. The van der Waals surface area contributed by atoms with Crippen LogP contribution in [0.25, 0.3) is 11.5 Å². The summed E-state index contributed by atoms with van der Waals surface area (Å²) in [5, 5.41) is 3.38. The van der Waals surface area contributed by atoms with Gasteiger partial charge in [0.15, 0.2) is 11.9 Å². The van der Waals surface area contributed by atoms with Crippen molar-refractivity contribution in [2.75, 3.05) is 13.1 Å². The van der Waals surface area contributed by atoms with Crippen molar-refractivity contribution in [2.24, 2.45) is 10.9 Å². The number of nitrogens with zero attached hydrogens (tertiary/aromatic N) is 3. The predicted octanol–water partition coefficient (Wildman–Crippen LogP) is 4.59. The number of halogens is 3. The van der Waals surface area contributed by atoms with Gasteiger partial charge in [-0.1, -0.05) is 0 Å². The minimum absolute atomic E-state index is 0.0205. The first-order valence-corrected chi connectivity index (χ1v) is 10.6. The van der Waals surface area contributed by atoms with Gasteiger partial charge < -0.3 is 14.9 Å². The number of rotatable bonds is 4. The summed E-state index contributed by atoms with van der Waals surface area (Å²) in [5.74, 6) is 1.20. The Kier molecular flexibility index (Phi) is 4.76. The molecular weight excluding hydrogens is 379 g/mol. The topological polar surface area (TPSA) is 58.0 Å². The van der Waals surface area contributed by atoms with Crippen LogP contribution in [0, 0.1) is 5.92 Å². The number of aliphatic imine (C=N–C) groups is 1. The number of H-pyrrole nitrogens is 1. The molecule has 2 aliphatic heterocycles. The number of piperidine rings is 1. The maximum absolute atomic E-state index is 13.9. The lowest BCUT2D eigenvalue weighted by Gasteiger charge is -2.28. The van der Waals surface area contributed by atoms with Crippen LogP contribution in [0.3, 0.4) is 0 Å². The number of aromatic nitrogens is 3. The van der Waals surface area contributed by atoms with Crippen LogP contribution in [0.15, 0.2) is 23.3 Å². The van der Waals surface area contributed by atoms with Crippen LogP contribution in [0.2, 0.25) is 0 Å². The van der Waals surface area contributed by atoms with Crippen molar-refractivity contribution < 1.29 is 13.2 Å². The van der Waals surface area contributed by atoms with Crippen molar-refractivity contribution in [3.63, 3.8) is 0 Å². The summed E-state index contributed by atoms with van der Waals surface area (Å²) >= 11 is 0. The van der Waals surface area contributed by atoms with Gasteiger partial charge in [-0.25, -0.2) is 4.98 Å². The Bertz CT molecular complexity index is 890. The van der Waals surface area contributed by atoms with Crippen LogP contribution in [-0.4, -0.2) is 39.5 Å². The number of alkyl halides is 3. The average Bonchev–Trinajstić information content (AvgIpc) is 3.43. The number of imidazole rings is 1. The lowest BCUT2D eigenvalue weighted by atomic mass is 9.92. The van der Waals surface area contributed by atoms with Gasteiger partial charge in [0.05, 0.1) is 17.1 Å². The van der Waals surface area contributed by atoms with E-state index in [0.29, 0.717) is 30.4 Å². The predicted molar refractivity (Wildman–Crippen MR) is 105 cm³/mol. The van der Waals surface area contributed by atoms with Crippen LogP contribution in [0.5, 0.6) is 0 Å². The smallest absolute Gasteiger partial charge is 0.359 e. The molecule has 156 valence electrons. The molecule has 2 aromatic heterocycles. The largest absolute Gasteiger partial charge is 0.416 e. The molecule has 2 unspecified atom stereocenters. The Morgan fingerprint density at radius 2 is 2.00 bits per heavy atom. The van der Waals surface area contributed by atoms with E-state index in [0.717, 1.165) is 56.6 Å². The molecule has 4 heterocycles. The van der Waals surface area contributed by atoms with Gasteiger partial charge in [0.1, 0.15) is 0 Å². The second-order valence-electron chi connectivity index (χ2n) is 8.43. The molecule has 2 aromatic rings. The van der Waals surface area contributed by atoms with Crippen LogP contribution in [0.4, 0.5) is 13.2 Å². The van der Waals surface area contributed by atoms with Gasteiger partial charge in [0.25, 0.3) is 0 Å². The van der Waals surface area contributed by atoms with Gasteiger partial charge in [-0.3, -0.25) is 4.99 Å². The Hall–Kier alpha value is -2.09. The van der Waals surface area contributed by atoms with E-state index in [1.54, 1.807) is 6.20 Å². The number of fused-ring (bicyclic) bond motifs is 3. The van der Waals surface area contributed by atoms with E-state index in [-0.39, 0.29) is 11.6 Å². The summed E-state index contributed by atoms with van der Waals surface area (Å²) in [6.07, 6.45) is 2.99. The highest BCUT2D eigenvalue weighted by Crippen LogP contribution is 2.48. The normalized spacial score (nSPS) is 25.0. The van der Waals surface area contributed by atoms with Crippen molar-refractivity contribution in [3.05, 3.63) is 29.7 Å². The zero-order valence-corrected chi connectivity index (χ0v) is 16.3. The molecule has 0 bridgehead atoms. The Balaban J connectivity index is 1.58. The van der Waals surface area contributed by atoms with Gasteiger partial charge in [0, 0.05) is 24.4 Å². The molecule has 1 saturated carbocycles. The summed E-state index contributed by atoms with van der Waals surface area (Å²) in [6, 6.07) is 1.91. The summed E-state index contributed by atoms with van der Waals surface area (Å²) in [4.78, 5) is 11.8. The highest BCUT2D eigenvalue weighted by molar-refractivity contribution is 5.94. The lowest BCUT2D eigenvalue weighted by Crippen LogP contribution is -2.29. The lowest BCUT2D eigenvalue weighted by molar-refractivity contribution is -0.149. The van der Waals surface area contributed by atoms with E-state index >= 15 is 0 Å². The molecule has 1 aliphatic carbocycles. The van der Waals surface area contributed by atoms with E-state index in [1.165, 1.54) is 0 Å². The first-order chi connectivity index (χ1) is 14.0. The minimum atomic E-state index is -4.42. The third-order valence-electron chi connectivity index (χ3n) is 6.62. The van der Waals surface area contributed by atoms with Crippen molar-refractivity contribution in [2.45, 2.75) is 63.2 Å². The molecule has 0 spiro atoms. The molecule has 8 heteroatoms. The fourth-order valence-corrected chi connectivity index (χ4v) is 5.17. The quantitative estimate of drug-likeness (QED) is 0.782. The van der Waals surface area contributed by atoms with Crippen molar-refractivity contribution >= 4 is 5.71 Å². The molecule has 0 aromatic carbocycles. The Labute approximate surface area is 167 Å². The molecule has 2 fully saturated rings. The van der Waals surface area contributed by atoms with Crippen molar-refractivity contribution in [1.82, 2.24) is 19.9 Å². The Morgan fingerprint density at radius 1 is 1.17 bits per heavy atom. The Morgan fingerprint density at radius 3 is 2.72 bits per heavy atom. The number of nitrogens with one attached hydrogen (secondary N) is 2. The first kappa shape index (κ1) is 18.9. The molecule has 5 rings (SSSR count). The number of hydrogen-bond acceptors (Lipinski definition) is 3. The van der Waals surface area contributed by atoms with Gasteiger partial charge >= 0.3 is 6.18 Å². The molecular formula is C21H26F3N5. The van der Waals surface area contributed by atoms with Crippen LogP contribution < -0.4 is 5.32 Å². The van der Waals surface area contributed by atoms with Gasteiger partial charge in [-0.2, -0.15) is 13.2 Å². The second-order valence-corrected chi connectivity index (χ2v) is 8.43. The molecule has 1 saturated heterocycles. The highest BCUT2D eigenvalue weighted by atomic mass is 19.4. The third kappa shape index (κ3) is 3.41. The molecule has 2 atom stereocenters. The highest BCUT2D eigenvalue weighted by Gasteiger charge is 2.49. The summed E-state index contributed by atoms with van der Waals surface area (Å²) < 4.78 is 43.7. The molecule has 29 heavy (non-hydrogen) atoms. The van der Waals surface area contributed by atoms with E-state index in [9.17, 15) is 13.2 Å². The van der Waals surface area contributed by atoms with E-state index in [2.05, 4.69) is 24.8 Å².